The van der Waals surface area contributed by atoms with Crippen LogP contribution in [0.2, 0.25) is 0 Å². The van der Waals surface area contributed by atoms with Gasteiger partial charge in [-0.2, -0.15) is 5.01 Å². The molecule has 1 aromatic heterocycles. The van der Waals surface area contributed by atoms with Crippen LogP contribution in [0.25, 0.3) is 22.2 Å². The average Bonchev–Trinajstić information content (AvgIpc) is 2.82. The first-order chi connectivity index (χ1) is 15.1. The fourth-order valence-corrected chi connectivity index (χ4v) is 3.37. The number of hydrogen-bond acceptors (Lipinski definition) is 4. The van der Waals surface area contributed by atoms with Gasteiger partial charge in [-0.15, -0.1) is 0 Å². The van der Waals surface area contributed by atoms with Gasteiger partial charge in [0.05, 0.1) is 23.9 Å². The van der Waals surface area contributed by atoms with Gasteiger partial charge >= 0.3 is 6.09 Å². The lowest BCUT2D eigenvalue weighted by molar-refractivity contribution is 0.0943. The number of ether oxygens (including phenoxy) is 1. The molecule has 0 saturated carbocycles. The third-order valence-corrected chi connectivity index (χ3v) is 4.75. The number of rotatable bonds is 4. The largest absolute Gasteiger partial charge is 0.494 e. The molecule has 0 aliphatic heterocycles. The molecule has 0 atom stereocenters. The first kappa shape index (κ1) is 19.9. The smallest absolute Gasteiger partial charge is 0.431 e. The van der Waals surface area contributed by atoms with Gasteiger partial charge in [-0.3, -0.25) is 10.2 Å². The summed E-state index contributed by atoms with van der Waals surface area (Å²) < 4.78 is 5.62. The SMILES string of the molecule is COc1c(-c2ccccc2)nc2ccccc2c1C(=O)NN(C(=O)O)c1ccccc1. The van der Waals surface area contributed by atoms with E-state index in [4.69, 9.17) is 9.72 Å². The molecule has 31 heavy (non-hydrogen) atoms. The number of nitrogens with zero attached hydrogens (tertiary/aromatic N) is 2. The summed E-state index contributed by atoms with van der Waals surface area (Å²) in [5.41, 5.74) is 4.85. The molecular formula is C24H19N3O4. The summed E-state index contributed by atoms with van der Waals surface area (Å²) in [6, 6.07) is 24.8. The predicted molar refractivity (Wildman–Crippen MR) is 118 cm³/mol. The molecule has 4 rings (SSSR count). The third kappa shape index (κ3) is 3.89. The highest BCUT2D eigenvalue weighted by Gasteiger charge is 2.25. The van der Waals surface area contributed by atoms with Gasteiger partial charge in [0.15, 0.2) is 5.75 Å². The normalized spacial score (nSPS) is 10.5. The fourth-order valence-electron chi connectivity index (χ4n) is 3.37. The number of carbonyl (C=O) groups excluding carboxylic acids is 1. The number of nitrogens with one attached hydrogen (secondary N) is 1. The van der Waals surface area contributed by atoms with Crippen LogP contribution in [0.5, 0.6) is 5.75 Å². The Labute approximate surface area is 178 Å². The van der Waals surface area contributed by atoms with E-state index >= 15 is 0 Å². The van der Waals surface area contributed by atoms with Crippen molar-refractivity contribution in [2.45, 2.75) is 0 Å². The molecule has 0 unspecified atom stereocenters. The van der Waals surface area contributed by atoms with Crippen molar-refractivity contribution in [3.63, 3.8) is 0 Å². The van der Waals surface area contributed by atoms with Crippen LogP contribution < -0.4 is 15.2 Å². The molecule has 2 amide bonds. The number of para-hydroxylation sites is 2. The van der Waals surface area contributed by atoms with Crippen LogP contribution in [0.4, 0.5) is 10.5 Å². The second-order valence-corrected chi connectivity index (χ2v) is 6.65. The number of carbonyl (C=O) groups is 2. The summed E-state index contributed by atoms with van der Waals surface area (Å²) >= 11 is 0. The van der Waals surface area contributed by atoms with Gasteiger partial charge in [0.25, 0.3) is 5.91 Å². The minimum absolute atomic E-state index is 0.203. The Kier molecular flexibility index (Phi) is 5.49. The summed E-state index contributed by atoms with van der Waals surface area (Å²) in [6.07, 6.45) is -1.32. The zero-order valence-electron chi connectivity index (χ0n) is 16.6. The monoisotopic (exact) mass is 413 g/mol. The van der Waals surface area contributed by atoms with E-state index in [-0.39, 0.29) is 11.3 Å². The van der Waals surface area contributed by atoms with Crippen LogP contribution in [0.3, 0.4) is 0 Å². The molecule has 0 bridgehead atoms. The molecule has 0 aliphatic carbocycles. The zero-order chi connectivity index (χ0) is 21.8. The number of fused-ring (bicyclic) bond motifs is 1. The van der Waals surface area contributed by atoms with E-state index < -0.39 is 12.0 Å². The van der Waals surface area contributed by atoms with Crippen molar-refractivity contribution in [2.75, 3.05) is 12.1 Å². The van der Waals surface area contributed by atoms with Crippen molar-refractivity contribution in [3.8, 4) is 17.0 Å². The Bertz CT molecular complexity index is 1240. The molecular weight excluding hydrogens is 394 g/mol. The Balaban J connectivity index is 1.87. The molecule has 0 saturated heterocycles. The number of anilines is 1. The molecule has 1 heterocycles. The first-order valence-corrected chi connectivity index (χ1v) is 9.51. The number of amides is 2. The van der Waals surface area contributed by atoms with Gasteiger partial charge in [0.2, 0.25) is 0 Å². The third-order valence-electron chi connectivity index (χ3n) is 4.75. The van der Waals surface area contributed by atoms with Gasteiger partial charge in [-0.05, 0) is 18.2 Å². The van der Waals surface area contributed by atoms with Gasteiger partial charge in [0.1, 0.15) is 5.69 Å². The van der Waals surface area contributed by atoms with E-state index in [0.29, 0.717) is 22.3 Å². The molecule has 0 aliphatic rings. The minimum Gasteiger partial charge on any atom is -0.494 e. The van der Waals surface area contributed by atoms with E-state index in [1.54, 1.807) is 48.5 Å². The summed E-state index contributed by atoms with van der Waals surface area (Å²) in [5, 5.41) is 11.0. The van der Waals surface area contributed by atoms with E-state index in [2.05, 4.69) is 5.43 Å². The lowest BCUT2D eigenvalue weighted by Crippen LogP contribution is -2.46. The lowest BCUT2D eigenvalue weighted by Gasteiger charge is -2.22. The lowest BCUT2D eigenvalue weighted by atomic mass is 10.0. The van der Waals surface area contributed by atoms with Crippen molar-refractivity contribution in [3.05, 3.63) is 90.5 Å². The van der Waals surface area contributed by atoms with Gasteiger partial charge in [0, 0.05) is 10.9 Å². The highest BCUT2D eigenvalue weighted by Crippen LogP contribution is 2.36. The fraction of sp³-hybridized carbons (Fsp3) is 0.0417. The van der Waals surface area contributed by atoms with Crippen LogP contribution in [0, 0.1) is 0 Å². The first-order valence-electron chi connectivity index (χ1n) is 9.51. The molecule has 0 spiro atoms. The molecule has 0 fully saturated rings. The molecule has 7 heteroatoms. The second kappa shape index (κ2) is 8.54. The van der Waals surface area contributed by atoms with Crippen molar-refractivity contribution in [2.24, 2.45) is 0 Å². The number of hydrazine groups is 1. The average molecular weight is 413 g/mol. The number of pyridine rings is 1. The Morgan fingerprint density at radius 3 is 2.16 bits per heavy atom. The number of hydrogen-bond donors (Lipinski definition) is 2. The standard InChI is InChI=1S/C24H19N3O4/c1-31-22-20(23(28)26-27(24(29)30)17-12-6-3-7-13-17)18-14-8-9-15-19(18)25-21(22)16-10-4-2-5-11-16/h2-15H,1H3,(H,26,28)(H,29,30). The van der Waals surface area contributed by atoms with E-state index in [9.17, 15) is 14.7 Å². The van der Waals surface area contributed by atoms with Crippen molar-refractivity contribution in [1.82, 2.24) is 10.4 Å². The maximum absolute atomic E-state index is 13.4. The summed E-state index contributed by atoms with van der Waals surface area (Å²) in [4.78, 5) is 29.9. The molecule has 7 nitrogen and oxygen atoms in total. The quantitative estimate of drug-likeness (QED) is 0.472. The highest BCUT2D eigenvalue weighted by atomic mass is 16.5. The number of benzene rings is 3. The summed E-state index contributed by atoms with van der Waals surface area (Å²) in [5.74, 6) is -0.361. The topological polar surface area (TPSA) is 91.8 Å². The van der Waals surface area contributed by atoms with Crippen LogP contribution in [-0.2, 0) is 0 Å². The molecule has 0 radical (unpaired) electrons. The number of carboxylic acid groups (broad SMARTS) is 1. The Morgan fingerprint density at radius 2 is 1.52 bits per heavy atom. The minimum atomic E-state index is -1.32. The maximum atomic E-state index is 13.4. The van der Waals surface area contributed by atoms with Gasteiger partial charge < -0.3 is 9.84 Å². The molecule has 154 valence electrons. The summed E-state index contributed by atoms with van der Waals surface area (Å²) in [6.45, 7) is 0. The Hall–Kier alpha value is -4.39. The van der Waals surface area contributed by atoms with Crippen molar-refractivity contribution in [1.29, 1.82) is 0 Å². The Morgan fingerprint density at radius 1 is 0.903 bits per heavy atom. The van der Waals surface area contributed by atoms with E-state index in [1.165, 1.54) is 7.11 Å². The molecule has 3 aromatic carbocycles. The van der Waals surface area contributed by atoms with Crippen LogP contribution >= 0.6 is 0 Å². The van der Waals surface area contributed by atoms with E-state index in [1.807, 2.05) is 36.4 Å². The predicted octanol–water partition coefficient (Wildman–Crippen LogP) is 4.74. The van der Waals surface area contributed by atoms with E-state index in [0.717, 1.165) is 10.6 Å². The van der Waals surface area contributed by atoms with Crippen molar-refractivity contribution < 1.29 is 19.4 Å². The van der Waals surface area contributed by atoms with Crippen LogP contribution in [0.1, 0.15) is 10.4 Å². The molecule has 4 aromatic rings. The second-order valence-electron chi connectivity index (χ2n) is 6.65. The van der Waals surface area contributed by atoms with Crippen LogP contribution in [0.15, 0.2) is 84.9 Å². The molecule has 2 N–H and O–H groups in total. The summed E-state index contributed by atoms with van der Waals surface area (Å²) in [7, 11) is 1.46. The zero-order valence-corrected chi connectivity index (χ0v) is 16.6. The maximum Gasteiger partial charge on any atom is 0.431 e. The van der Waals surface area contributed by atoms with Gasteiger partial charge in [-0.25, -0.2) is 9.78 Å². The van der Waals surface area contributed by atoms with Crippen molar-refractivity contribution >= 4 is 28.6 Å². The number of aromatic nitrogens is 1. The highest BCUT2D eigenvalue weighted by molar-refractivity contribution is 6.11. The number of methoxy groups -OCH3 is 1. The van der Waals surface area contributed by atoms with Crippen LogP contribution in [-0.4, -0.2) is 29.2 Å². The van der Waals surface area contributed by atoms with Gasteiger partial charge in [-0.1, -0.05) is 66.7 Å².